The molecule has 2 saturated heterocycles. The molecule has 1 aromatic carbocycles. The first-order valence-electron chi connectivity index (χ1n) is 14.1. The highest BCUT2D eigenvalue weighted by Gasteiger charge is 2.15. The number of nitrogens with one attached hydrogen (secondary N) is 2. The quantitative estimate of drug-likeness (QED) is 0.306. The highest BCUT2D eigenvalue weighted by molar-refractivity contribution is 6.04. The Kier molecular flexibility index (Phi) is 7.52. The van der Waals surface area contributed by atoms with Crippen molar-refractivity contribution in [2.24, 2.45) is 0 Å². The normalized spacial score (nSPS) is 15.2. The number of benzene rings is 1. The lowest BCUT2D eigenvalue weighted by Gasteiger charge is -2.27. The summed E-state index contributed by atoms with van der Waals surface area (Å²) in [5, 5.41) is 6.32. The minimum absolute atomic E-state index is 0.198. The van der Waals surface area contributed by atoms with E-state index in [0.29, 0.717) is 17.2 Å². The number of carbonyl (C=O) groups excluding carboxylic acids is 1. The predicted octanol–water partition coefficient (Wildman–Crippen LogP) is 5.83. The van der Waals surface area contributed by atoms with Crippen LogP contribution < -0.4 is 20.4 Å². The summed E-state index contributed by atoms with van der Waals surface area (Å²) in [7, 11) is 0. The summed E-state index contributed by atoms with van der Waals surface area (Å²) in [5.41, 5.74) is 5.91. The van der Waals surface area contributed by atoms with E-state index < -0.39 is 0 Å². The van der Waals surface area contributed by atoms with Crippen LogP contribution in [0.25, 0.3) is 11.3 Å². The molecule has 204 valence electrons. The number of aromatic nitrogens is 4. The van der Waals surface area contributed by atoms with E-state index in [1.165, 1.54) is 32.1 Å². The largest absolute Gasteiger partial charge is 0.370 e. The number of piperidine rings is 1. The summed E-state index contributed by atoms with van der Waals surface area (Å²) >= 11 is 0. The topological polar surface area (TPSA) is 99.2 Å². The number of anilines is 5. The number of aryl methyl sites for hydroxylation is 1. The average Bonchev–Trinajstić information content (AvgIpc) is 3.55. The number of amides is 1. The van der Waals surface area contributed by atoms with Crippen LogP contribution in [0.5, 0.6) is 0 Å². The molecule has 5 heterocycles. The van der Waals surface area contributed by atoms with Crippen LogP contribution >= 0.6 is 0 Å². The summed E-state index contributed by atoms with van der Waals surface area (Å²) in [5.74, 6) is 1.21. The van der Waals surface area contributed by atoms with Crippen molar-refractivity contribution in [1.29, 1.82) is 0 Å². The van der Waals surface area contributed by atoms with Crippen LogP contribution in [-0.4, -0.2) is 52.0 Å². The van der Waals surface area contributed by atoms with Gasteiger partial charge in [0.2, 0.25) is 5.95 Å². The van der Waals surface area contributed by atoms with Gasteiger partial charge in [0, 0.05) is 61.7 Å². The van der Waals surface area contributed by atoms with Gasteiger partial charge in [-0.15, -0.1) is 0 Å². The van der Waals surface area contributed by atoms with Crippen molar-refractivity contribution in [3.63, 3.8) is 0 Å². The van der Waals surface area contributed by atoms with Gasteiger partial charge in [-0.1, -0.05) is 6.07 Å². The fourth-order valence-electron chi connectivity index (χ4n) is 5.28. The van der Waals surface area contributed by atoms with Gasteiger partial charge in [0.25, 0.3) is 5.91 Å². The maximum atomic E-state index is 13.0. The highest BCUT2D eigenvalue weighted by atomic mass is 16.1. The zero-order valence-electron chi connectivity index (χ0n) is 22.8. The third-order valence-corrected chi connectivity index (χ3v) is 7.58. The van der Waals surface area contributed by atoms with Crippen LogP contribution in [0.15, 0.2) is 67.3 Å². The molecule has 0 radical (unpaired) electrons. The maximum absolute atomic E-state index is 13.0. The van der Waals surface area contributed by atoms with Crippen LogP contribution in [0.2, 0.25) is 0 Å². The highest BCUT2D eigenvalue weighted by Crippen LogP contribution is 2.27. The second-order valence-electron chi connectivity index (χ2n) is 10.5. The van der Waals surface area contributed by atoms with E-state index in [-0.39, 0.29) is 5.91 Å². The van der Waals surface area contributed by atoms with E-state index in [2.05, 4.69) is 41.5 Å². The Hall–Kier alpha value is -4.53. The van der Waals surface area contributed by atoms with Gasteiger partial charge in [-0.3, -0.25) is 9.78 Å². The van der Waals surface area contributed by atoms with Crippen LogP contribution in [0.3, 0.4) is 0 Å². The molecular weight excluding hydrogens is 500 g/mol. The van der Waals surface area contributed by atoms with Crippen LogP contribution in [0, 0.1) is 6.92 Å². The number of nitrogens with zero attached hydrogens (tertiary/aromatic N) is 6. The molecule has 0 unspecified atom stereocenters. The zero-order chi connectivity index (χ0) is 27.3. The first-order valence-corrected chi connectivity index (χ1v) is 14.1. The number of hydrogen-bond acceptors (Lipinski definition) is 8. The maximum Gasteiger partial charge on any atom is 0.257 e. The molecule has 2 aliphatic rings. The Bertz CT molecular complexity index is 1480. The van der Waals surface area contributed by atoms with Crippen molar-refractivity contribution in [1.82, 2.24) is 19.9 Å². The second kappa shape index (κ2) is 11.7. The van der Waals surface area contributed by atoms with Crippen molar-refractivity contribution in [2.75, 3.05) is 46.6 Å². The summed E-state index contributed by atoms with van der Waals surface area (Å²) < 4.78 is 0. The molecule has 40 heavy (non-hydrogen) atoms. The molecule has 9 heteroatoms. The minimum Gasteiger partial charge on any atom is -0.370 e. The molecule has 2 N–H and O–H groups in total. The molecule has 0 atom stereocenters. The molecule has 0 saturated carbocycles. The van der Waals surface area contributed by atoms with Crippen LogP contribution in [0.4, 0.5) is 28.8 Å². The Morgan fingerprint density at radius 2 is 1.62 bits per heavy atom. The van der Waals surface area contributed by atoms with E-state index >= 15 is 0 Å². The molecule has 4 aromatic rings. The first-order chi connectivity index (χ1) is 19.6. The Morgan fingerprint density at radius 1 is 0.825 bits per heavy atom. The molecule has 0 aliphatic carbocycles. The summed E-state index contributed by atoms with van der Waals surface area (Å²) in [6.45, 7) is 6.17. The lowest BCUT2D eigenvalue weighted by atomic mass is 10.1. The van der Waals surface area contributed by atoms with E-state index in [1.807, 2.05) is 55.7 Å². The molecule has 0 bridgehead atoms. The fourth-order valence-corrected chi connectivity index (χ4v) is 5.28. The molecule has 2 fully saturated rings. The van der Waals surface area contributed by atoms with Crippen molar-refractivity contribution < 1.29 is 4.79 Å². The van der Waals surface area contributed by atoms with Crippen LogP contribution in [-0.2, 0) is 0 Å². The average molecular weight is 535 g/mol. The SMILES string of the molecule is Cc1ccc(NC(=O)c2ccc(N3CCCCC3)nc2)cc1Nc1nccc(-c2cncc(N3CCCC3)c2)n1. The lowest BCUT2D eigenvalue weighted by Crippen LogP contribution is -2.30. The summed E-state index contributed by atoms with van der Waals surface area (Å²) in [6.07, 6.45) is 13.2. The third kappa shape index (κ3) is 5.88. The molecule has 1 amide bonds. The van der Waals surface area contributed by atoms with Crippen molar-refractivity contribution >= 4 is 34.7 Å². The van der Waals surface area contributed by atoms with Gasteiger partial charge >= 0.3 is 0 Å². The first kappa shape index (κ1) is 25.7. The standard InChI is InChI=1S/C31H34N8O/c1-22-7-9-25(35-30(40)23-8-10-29(34-20-23)39-15-3-2-4-16-39)18-28(22)37-31-33-12-11-27(36-31)24-17-26(21-32-19-24)38-13-5-6-14-38/h7-12,17-21H,2-6,13-16H2,1H3,(H,35,40)(H,33,36,37). The van der Waals surface area contributed by atoms with E-state index in [9.17, 15) is 4.79 Å². The van der Waals surface area contributed by atoms with Gasteiger partial charge in [0.05, 0.1) is 23.1 Å². The summed E-state index contributed by atoms with van der Waals surface area (Å²) in [6, 6.07) is 13.6. The number of rotatable bonds is 7. The van der Waals surface area contributed by atoms with E-state index in [4.69, 9.17) is 4.98 Å². The van der Waals surface area contributed by atoms with Gasteiger partial charge < -0.3 is 20.4 Å². The monoisotopic (exact) mass is 534 g/mol. The Labute approximate surface area is 234 Å². The number of pyridine rings is 2. The smallest absolute Gasteiger partial charge is 0.257 e. The molecule has 9 nitrogen and oxygen atoms in total. The van der Waals surface area contributed by atoms with Crippen molar-refractivity contribution in [3.8, 4) is 11.3 Å². The fraction of sp³-hybridized carbons (Fsp3) is 0.323. The van der Waals surface area contributed by atoms with Gasteiger partial charge in [-0.25, -0.2) is 15.0 Å². The summed E-state index contributed by atoms with van der Waals surface area (Å²) in [4.78, 5) is 35.8. The lowest BCUT2D eigenvalue weighted by molar-refractivity contribution is 0.102. The van der Waals surface area contributed by atoms with Gasteiger partial charge in [0.1, 0.15) is 5.82 Å². The minimum atomic E-state index is -0.198. The Morgan fingerprint density at radius 3 is 2.42 bits per heavy atom. The van der Waals surface area contributed by atoms with E-state index in [1.54, 1.807) is 12.4 Å². The molecular formula is C31H34N8O. The third-order valence-electron chi connectivity index (χ3n) is 7.58. The second-order valence-corrected chi connectivity index (χ2v) is 10.5. The van der Waals surface area contributed by atoms with Crippen LogP contribution in [0.1, 0.15) is 48.0 Å². The number of hydrogen-bond donors (Lipinski definition) is 2. The van der Waals surface area contributed by atoms with Gasteiger partial charge in [0.15, 0.2) is 0 Å². The molecule has 2 aliphatic heterocycles. The predicted molar refractivity (Wildman–Crippen MR) is 159 cm³/mol. The van der Waals surface area contributed by atoms with Crippen molar-refractivity contribution in [3.05, 3.63) is 78.4 Å². The molecule has 6 rings (SSSR count). The van der Waals surface area contributed by atoms with Crippen molar-refractivity contribution in [2.45, 2.75) is 39.0 Å². The van der Waals surface area contributed by atoms with E-state index in [0.717, 1.165) is 60.2 Å². The van der Waals surface area contributed by atoms with Gasteiger partial charge in [-0.05, 0) is 81.0 Å². The molecule has 3 aromatic heterocycles. The zero-order valence-corrected chi connectivity index (χ0v) is 22.8. The Balaban J connectivity index is 1.15. The number of carbonyl (C=O) groups is 1. The molecule has 0 spiro atoms. The van der Waals surface area contributed by atoms with Gasteiger partial charge in [-0.2, -0.15) is 0 Å².